The van der Waals surface area contributed by atoms with Crippen molar-refractivity contribution in [3.63, 3.8) is 0 Å². The third-order valence-electron chi connectivity index (χ3n) is 1.59. The van der Waals surface area contributed by atoms with Gasteiger partial charge in [0, 0.05) is 10.3 Å². The number of thiazole rings is 1. The lowest BCUT2D eigenvalue weighted by molar-refractivity contribution is 0.0996. The van der Waals surface area contributed by atoms with Gasteiger partial charge in [-0.25, -0.2) is 4.98 Å². The topological polar surface area (TPSA) is 78.7 Å². The quantitative estimate of drug-likeness (QED) is 0.455. The molecule has 0 atom stereocenters. The highest BCUT2D eigenvalue weighted by atomic mass is 32.1. The third kappa shape index (κ3) is 2.04. The summed E-state index contributed by atoms with van der Waals surface area (Å²) in [5, 5.41) is 7.27. The molecule has 0 saturated heterocycles. The largest absolute Gasteiger partial charge is 0.285 e. The minimum Gasteiger partial charge on any atom is -0.285 e. The van der Waals surface area contributed by atoms with Crippen LogP contribution in [0, 0.1) is 0 Å². The highest BCUT2D eigenvalue weighted by Gasteiger charge is 2.10. The number of nitrogens with zero attached hydrogens (tertiary/aromatic N) is 4. The molecular weight excluding hydrogens is 232 g/mol. The van der Waals surface area contributed by atoms with Crippen LogP contribution in [0.25, 0.3) is 20.3 Å². The zero-order chi connectivity index (χ0) is 10.7. The summed E-state index contributed by atoms with van der Waals surface area (Å²) in [5.41, 5.74) is 8.30. The van der Waals surface area contributed by atoms with Gasteiger partial charge in [0.2, 0.25) is 0 Å². The van der Waals surface area contributed by atoms with Crippen LogP contribution in [0.15, 0.2) is 28.0 Å². The molecule has 0 aliphatic carbocycles. The van der Waals surface area contributed by atoms with E-state index in [1.807, 2.05) is 17.5 Å². The van der Waals surface area contributed by atoms with Crippen molar-refractivity contribution in [1.82, 2.24) is 4.98 Å². The van der Waals surface area contributed by atoms with Crippen molar-refractivity contribution in [2.75, 3.05) is 0 Å². The highest BCUT2D eigenvalue weighted by molar-refractivity contribution is 7.20. The summed E-state index contributed by atoms with van der Waals surface area (Å²) in [6.07, 6.45) is 0. The second-order valence-corrected chi connectivity index (χ2v) is 4.32. The van der Waals surface area contributed by atoms with Crippen molar-refractivity contribution < 1.29 is 4.79 Å². The summed E-state index contributed by atoms with van der Waals surface area (Å²) in [6, 6.07) is 3.83. The van der Waals surface area contributed by atoms with Gasteiger partial charge in [-0.15, -0.1) is 22.7 Å². The molecule has 0 N–H and O–H groups in total. The Morgan fingerprint density at radius 3 is 3.07 bits per heavy atom. The van der Waals surface area contributed by atoms with Crippen LogP contribution < -0.4 is 0 Å². The van der Waals surface area contributed by atoms with Crippen molar-refractivity contribution in [1.29, 1.82) is 0 Å². The van der Waals surface area contributed by atoms with E-state index in [9.17, 15) is 4.79 Å². The zero-order valence-corrected chi connectivity index (χ0v) is 8.96. The Bertz CT molecular complexity index is 525. The maximum absolute atomic E-state index is 11.2. The van der Waals surface area contributed by atoms with Gasteiger partial charge in [0.05, 0.1) is 4.88 Å². The molecule has 74 valence electrons. The first-order chi connectivity index (χ1) is 7.31. The van der Waals surface area contributed by atoms with Gasteiger partial charge < -0.3 is 0 Å². The number of hydrogen-bond donors (Lipinski definition) is 0. The third-order valence-corrected chi connectivity index (χ3v) is 3.47. The summed E-state index contributed by atoms with van der Waals surface area (Å²) < 4.78 is 0. The molecule has 5 nitrogen and oxygen atoms in total. The van der Waals surface area contributed by atoms with Crippen molar-refractivity contribution in [2.45, 2.75) is 0 Å². The Balaban J connectivity index is 2.32. The molecule has 0 aromatic carbocycles. The number of carbonyl (C=O) groups excluding carboxylic acids is 1. The molecule has 0 spiro atoms. The zero-order valence-electron chi connectivity index (χ0n) is 7.32. The molecule has 2 aromatic rings. The standard InChI is InChI=1S/C8H4N4OS2/c9-12-11-7(13)5-4-15-8(10-5)6-2-1-3-14-6/h1-4H. The average molecular weight is 236 g/mol. The van der Waals surface area contributed by atoms with Gasteiger partial charge in [-0.2, -0.15) is 0 Å². The van der Waals surface area contributed by atoms with E-state index in [1.54, 1.807) is 16.7 Å². The Morgan fingerprint density at radius 1 is 1.53 bits per heavy atom. The number of amides is 1. The molecule has 1 amide bonds. The van der Waals surface area contributed by atoms with Crippen LogP contribution in [-0.4, -0.2) is 10.9 Å². The molecule has 0 aliphatic rings. The molecule has 0 saturated carbocycles. The molecular formula is C8H4N4OS2. The maximum Gasteiger partial charge on any atom is 0.268 e. The number of aromatic nitrogens is 1. The van der Waals surface area contributed by atoms with Crippen LogP contribution in [0.4, 0.5) is 0 Å². The van der Waals surface area contributed by atoms with E-state index in [4.69, 9.17) is 5.53 Å². The summed E-state index contributed by atoms with van der Waals surface area (Å²) >= 11 is 2.90. The minimum absolute atomic E-state index is 0.196. The predicted molar refractivity (Wildman–Crippen MR) is 58.9 cm³/mol. The SMILES string of the molecule is [N-]=[N+]=NC(=O)c1csc(-c2cccs2)n1. The number of thiophene rings is 1. The normalized spacial score (nSPS) is 9.60. The van der Waals surface area contributed by atoms with E-state index in [-0.39, 0.29) is 5.69 Å². The first kappa shape index (κ1) is 9.85. The van der Waals surface area contributed by atoms with E-state index in [2.05, 4.69) is 15.0 Å². The van der Waals surface area contributed by atoms with Gasteiger partial charge in [0.15, 0.2) is 0 Å². The van der Waals surface area contributed by atoms with Crippen LogP contribution >= 0.6 is 22.7 Å². The fraction of sp³-hybridized carbons (Fsp3) is 0. The van der Waals surface area contributed by atoms with Crippen LogP contribution in [0.3, 0.4) is 0 Å². The lowest BCUT2D eigenvalue weighted by atomic mass is 10.4. The van der Waals surface area contributed by atoms with E-state index in [0.29, 0.717) is 0 Å². The number of carbonyl (C=O) groups is 1. The van der Waals surface area contributed by atoms with Crippen LogP contribution in [-0.2, 0) is 0 Å². The van der Waals surface area contributed by atoms with Crippen molar-refractivity contribution in [3.05, 3.63) is 39.0 Å². The number of azide groups is 1. The molecule has 0 fully saturated rings. The van der Waals surface area contributed by atoms with Crippen LogP contribution in [0.2, 0.25) is 0 Å². The monoisotopic (exact) mass is 236 g/mol. The predicted octanol–water partition coefficient (Wildman–Crippen LogP) is 3.32. The smallest absolute Gasteiger partial charge is 0.268 e. The lowest BCUT2D eigenvalue weighted by Gasteiger charge is -1.86. The van der Waals surface area contributed by atoms with Gasteiger partial charge in [0.25, 0.3) is 5.91 Å². The molecule has 15 heavy (non-hydrogen) atoms. The Labute approximate surface area is 92.6 Å². The lowest BCUT2D eigenvalue weighted by Crippen LogP contribution is -1.92. The second kappa shape index (κ2) is 4.22. The molecule has 2 rings (SSSR count). The van der Waals surface area contributed by atoms with Gasteiger partial charge in [0.1, 0.15) is 10.7 Å². The number of hydrogen-bond acceptors (Lipinski definition) is 4. The highest BCUT2D eigenvalue weighted by Crippen LogP contribution is 2.27. The average Bonchev–Trinajstić information content (AvgIpc) is 2.89. The molecule has 2 aromatic heterocycles. The molecule has 0 radical (unpaired) electrons. The summed E-state index contributed by atoms with van der Waals surface area (Å²) in [5.74, 6) is -0.642. The summed E-state index contributed by atoms with van der Waals surface area (Å²) in [7, 11) is 0. The van der Waals surface area contributed by atoms with E-state index < -0.39 is 5.91 Å². The van der Waals surface area contributed by atoms with Crippen molar-refractivity contribution in [2.24, 2.45) is 5.11 Å². The maximum atomic E-state index is 11.2. The number of rotatable bonds is 2. The van der Waals surface area contributed by atoms with Crippen molar-refractivity contribution in [3.8, 4) is 9.88 Å². The van der Waals surface area contributed by atoms with Gasteiger partial charge >= 0.3 is 0 Å². The van der Waals surface area contributed by atoms with Crippen LogP contribution in [0.1, 0.15) is 10.5 Å². The first-order valence-corrected chi connectivity index (χ1v) is 5.66. The Hall–Kier alpha value is -1.69. The minimum atomic E-state index is -0.642. The van der Waals surface area contributed by atoms with Gasteiger partial charge in [-0.05, 0) is 22.1 Å². The molecule has 0 bridgehead atoms. The fourth-order valence-corrected chi connectivity index (χ4v) is 2.59. The summed E-state index contributed by atoms with van der Waals surface area (Å²) in [6.45, 7) is 0. The first-order valence-electron chi connectivity index (χ1n) is 3.90. The summed E-state index contributed by atoms with van der Waals surface area (Å²) in [4.78, 5) is 18.7. The van der Waals surface area contributed by atoms with E-state index >= 15 is 0 Å². The van der Waals surface area contributed by atoms with Gasteiger partial charge in [-0.3, -0.25) is 4.79 Å². The van der Waals surface area contributed by atoms with Crippen LogP contribution in [0.5, 0.6) is 0 Å². The molecule has 7 heteroatoms. The Kier molecular flexibility index (Phi) is 2.77. The van der Waals surface area contributed by atoms with Gasteiger partial charge in [-0.1, -0.05) is 6.07 Å². The second-order valence-electron chi connectivity index (χ2n) is 2.51. The molecule has 0 aliphatic heterocycles. The fourth-order valence-electron chi connectivity index (χ4n) is 0.977. The Morgan fingerprint density at radius 2 is 2.40 bits per heavy atom. The van der Waals surface area contributed by atoms with E-state index in [0.717, 1.165) is 9.88 Å². The molecule has 0 unspecified atom stereocenters. The van der Waals surface area contributed by atoms with E-state index in [1.165, 1.54) is 11.3 Å². The molecule has 2 heterocycles. The van der Waals surface area contributed by atoms with Crippen molar-refractivity contribution >= 4 is 28.6 Å².